The molecule has 4 nitrogen and oxygen atoms in total. The summed E-state index contributed by atoms with van der Waals surface area (Å²) in [6.45, 7) is 5.17. The van der Waals surface area contributed by atoms with Crippen LogP contribution in [0.2, 0.25) is 0 Å². The second kappa shape index (κ2) is 7.69. The van der Waals surface area contributed by atoms with E-state index in [9.17, 15) is 4.79 Å². The third-order valence-corrected chi connectivity index (χ3v) is 4.13. The predicted octanol–water partition coefficient (Wildman–Crippen LogP) is 3.24. The van der Waals surface area contributed by atoms with E-state index in [1.807, 2.05) is 29.2 Å². The average molecular weight is 356 g/mol. The largest absolute Gasteiger partial charge is 0.485 e. The van der Waals surface area contributed by atoms with Gasteiger partial charge in [-0.3, -0.25) is 4.79 Å². The topological polar surface area (TPSA) is 38.8 Å². The molecule has 1 aromatic rings. The smallest absolute Gasteiger partial charge is 0.267 e. The molecule has 1 unspecified atom stereocenters. The van der Waals surface area contributed by atoms with Crippen LogP contribution in [0.15, 0.2) is 24.3 Å². The first-order valence-electron chi connectivity index (χ1n) is 7.46. The third kappa shape index (κ3) is 3.70. The van der Waals surface area contributed by atoms with Gasteiger partial charge in [0.25, 0.3) is 5.91 Å². The fraction of sp³-hybridized carbons (Fsp3) is 0.562. The zero-order valence-corrected chi connectivity index (χ0v) is 14.1. The van der Waals surface area contributed by atoms with Gasteiger partial charge in [0.2, 0.25) is 6.10 Å². The SMILES string of the molecule is CCC(CC)N(CCBr)C(=O)C1COc2ccccc2O1. The van der Waals surface area contributed by atoms with Crippen molar-refractivity contribution in [3.8, 4) is 11.5 Å². The van der Waals surface area contributed by atoms with Gasteiger partial charge in [0.1, 0.15) is 6.61 Å². The van der Waals surface area contributed by atoms with Gasteiger partial charge in [-0.05, 0) is 25.0 Å². The lowest BCUT2D eigenvalue weighted by molar-refractivity contribution is -0.143. The van der Waals surface area contributed by atoms with Gasteiger partial charge in [-0.1, -0.05) is 41.9 Å². The lowest BCUT2D eigenvalue weighted by Gasteiger charge is -2.34. The number of nitrogens with zero attached hydrogens (tertiary/aromatic N) is 1. The molecule has 1 aliphatic rings. The van der Waals surface area contributed by atoms with Crippen LogP contribution in [0.25, 0.3) is 0 Å². The van der Waals surface area contributed by atoms with E-state index >= 15 is 0 Å². The van der Waals surface area contributed by atoms with Crippen molar-refractivity contribution in [1.82, 2.24) is 4.90 Å². The van der Waals surface area contributed by atoms with Crippen LogP contribution >= 0.6 is 15.9 Å². The van der Waals surface area contributed by atoms with E-state index in [1.54, 1.807) is 0 Å². The normalized spacial score (nSPS) is 16.9. The summed E-state index contributed by atoms with van der Waals surface area (Å²) in [4.78, 5) is 14.7. The van der Waals surface area contributed by atoms with E-state index in [4.69, 9.17) is 9.47 Å². The molecule has 2 rings (SSSR count). The van der Waals surface area contributed by atoms with Crippen LogP contribution in [0, 0.1) is 0 Å². The average Bonchev–Trinajstić information content (AvgIpc) is 2.54. The van der Waals surface area contributed by atoms with E-state index < -0.39 is 6.10 Å². The second-order valence-corrected chi connectivity index (χ2v) is 5.85. The minimum absolute atomic E-state index is 0.0117. The highest BCUT2D eigenvalue weighted by atomic mass is 79.9. The van der Waals surface area contributed by atoms with Gasteiger partial charge in [0.15, 0.2) is 11.5 Å². The number of alkyl halides is 1. The van der Waals surface area contributed by atoms with Crippen LogP contribution in [0.3, 0.4) is 0 Å². The van der Waals surface area contributed by atoms with Gasteiger partial charge in [0, 0.05) is 17.9 Å². The first kappa shape index (κ1) is 16.1. The lowest BCUT2D eigenvalue weighted by Crippen LogP contribution is -2.50. The van der Waals surface area contributed by atoms with Gasteiger partial charge in [0.05, 0.1) is 0 Å². The Balaban J connectivity index is 2.11. The summed E-state index contributed by atoms with van der Waals surface area (Å²) in [5.74, 6) is 1.36. The summed E-state index contributed by atoms with van der Waals surface area (Å²) in [5, 5.41) is 0.763. The molecule has 0 spiro atoms. The molecule has 1 atom stereocenters. The summed E-state index contributed by atoms with van der Waals surface area (Å²) in [5.41, 5.74) is 0. The number of fused-ring (bicyclic) bond motifs is 1. The van der Waals surface area contributed by atoms with Crippen molar-refractivity contribution in [3.05, 3.63) is 24.3 Å². The molecule has 0 saturated carbocycles. The summed E-state index contributed by atoms with van der Waals surface area (Å²) in [6.07, 6.45) is 1.33. The first-order valence-corrected chi connectivity index (χ1v) is 8.58. The molecule has 0 aromatic heterocycles. The van der Waals surface area contributed by atoms with E-state index in [2.05, 4.69) is 29.8 Å². The Morgan fingerprint density at radius 1 is 1.33 bits per heavy atom. The number of rotatable bonds is 6. The maximum absolute atomic E-state index is 12.8. The van der Waals surface area contributed by atoms with Crippen molar-refractivity contribution in [1.29, 1.82) is 0 Å². The van der Waals surface area contributed by atoms with Gasteiger partial charge in [-0.15, -0.1) is 0 Å². The van der Waals surface area contributed by atoms with E-state index in [-0.39, 0.29) is 18.6 Å². The standard InChI is InChI=1S/C16H22BrNO3/c1-3-12(4-2)18(10-9-17)16(19)15-11-20-13-7-5-6-8-14(13)21-15/h5-8,12,15H,3-4,9-11H2,1-2H3. The molecule has 5 heteroatoms. The molecule has 1 heterocycles. The number of hydrogen-bond acceptors (Lipinski definition) is 3. The molecular formula is C16H22BrNO3. The molecule has 0 saturated heterocycles. The second-order valence-electron chi connectivity index (χ2n) is 5.06. The Kier molecular flexibility index (Phi) is 5.91. The van der Waals surface area contributed by atoms with Crippen LogP contribution in [-0.4, -0.2) is 41.4 Å². The predicted molar refractivity (Wildman–Crippen MR) is 86.2 cm³/mol. The van der Waals surface area contributed by atoms with Gasteiger partial charge in [-0.25, -0.2) is 0 Å². The minimum Gasteiger partial charge on any atom is -0.485 e. The highest BCUT2D eigenvalue weighted by Gasteiger charge is 2.33. The summed E-state index contributed by atoms with van der Waals surface area (Å²) in [6, 6.07) is 7.71. The summed E-state index contributed by atoms with van der Waals surface area (Å²) < 4.78 is 11.5. The van der Waals surface area contributed by atoms with Crippen LogP contribution in [0.1, 0.15) is 26.7 Å². The van der Waals surface area contributed by atoms with Gasteiger partial charge >= 0.3 is 0 Å². The van der Waals surface area contributed by atoms with Crippen molar-refractivity contribution in [2.45, 2.75) is 38.8 Å². The molecule has 0 bridgehead atoms. The molecular weight excluding hydrogens is 334 g/mol. The fourth-order valence-corrected chi connectivity index (χ4v) is 3.00. The molecule has 21 heavy (non-hydrogen) atoms. The summed E-state index contributed by atoms with van der Waals surface area (Å²) in [7, 11) is 0. The number of halogens is 1. The highest BCUT2D eigenvalue weighted by molar-refractivity contribution is 9.09. The Morgan fingerprint density at radius 2 is 2.00 bits per heavy atom. The number of amides is 1. The van der Waals surface area contributed by atoms with Crippen LogP contribution in [0.5, 0.6) is 11.5 Å². The highest BCUT2D eigenvalue weighted by Crippen LogP contribution is 2.31. The third-order valence-electron chi connectivity index (χ3n) is 3.78. The van der Waals surface area contributed by atoms with Crippen LogP contribution < -0.4 is 9.47 Å². The Hall–Kier alpha value is -1.23. The Morgan fingerprint density at radius 3 is 2.62 bits per heavy atom. The van der Waals surface area contributed by atoms with Crippen molar-refractivity contribution >= 4 is 21.8 Å². The van der Waals surface area contributed by atoms with E-state index in [0.29, 0.717) is 18.0 Å². The number of carbonyl (C=O) groups excluding carboxylic acids is 1. The van der Waals surface area contributed by atoms with Crippen molar-refractivity contribution in [2.24, 2.45) is 0 Å². The monoisotopic (exact) mass is 355 g/mol. The van der Waals surface area contributed by atoms with Gasteiger partial charge in [-0.2, -0.15) is 0 Å². The number of benzene rings is 1. The Bertz CT molecular complexity index is 476. The van der Waals surface area contributed by atoms with E-state index in [1.165, 1.54) is 0 Å². The van der Waals surface area contributed by atoms with Gasteiger partial charge < -0.3 is 14.4 Å². The molecule has 1 aromatic carbocycles. The number of carbonyl (C=O) groups is 1. The number of para-hydroxylation sites is 2. The number of ether oxygens (including phenoxy) is 2. The molecule has 0 N–H and O–H groups in total. The first-order chi connectivity index (χ1) is 10.2. The van der Waals surface area contributed by atoms with Crippen LogP contribution in [0.4, 0.5) is 0 Å². The summed E-state index contributed by atoms with van der Waals surface area (Å²) >= 11 is 3.43. The van der Waals surface area contributed by atoms with E-state index in [0.717, 1.165) is 18.2 Å². The molecule has 0 fully saturated rings. The lowest BCUT2D eigenvalue weighted by atomic mass is 10.1. The van der Waals surface area contributed by atoms with Crippen LogP contribution in [-0.2, 0) is 4.79 Å². The van der Waals surface area contributed by atoms with Crippen molar-refractivity contribution < 1.29 is 14.3 Å². The Labute approximate surface area is 134 Å². The molecule has 1 aliphatic heterocycles. The zero-order valence-electron chi connectivity index (χ0n) is 12.5. The fourth-order valence-electron chi connectivity index (χ4n) is 2.62. The molecule has 0 aliphatic carbocycles. The molecule has 116 valence electrons. The molecule has 1 amide bonds. The van der Waals surface area contributed by atoms with Crippen molar-refractivity contribution in [3.63, 3.8) is 0 Å². The maximum Gasteiger partial charge on any atom is 0.267 e. The quantitative estimate of drug-likeness (QED) is 0.735. The molecule has 0 radical (unpaired) electrons. The zero-order chi connectivity index (χ0) is 15.2. The minimum atomic E-state index is -0.556. The maximum atomic E-state index is 12.8. The van der Waals surface area contributed by atoms with Crippen molar-refractivity contribution in [2.75, 3.05) is 18.5 Å². The number of hydrogen-bond donors (Lipinski definition) is 0.